The minimum absolute atomic E-state index is 0.0620. The lowest BCUT2D eigenvalue weighted by atomic mass is 10.0. The van der Waals surface area contributed by atoms with Crippen LogP contribution < -0.4 is 0 Å². The van der Waals surface area contributed by atoms with E-state index in [4.69, 9.17) is 0 Å². The SMILES string of the molecule is CCc1ccccc1C(=O)N1Cc2cnn(Cc3ccc(F)cc3)c2C1. The van der Waals surface area contributed by atoms with Crippen molar-refractivity contribution in [3.8, 4) is 0 Å². The van der Waals surface area contributed by atoms with Gasteiger partial charge in [0, 0.05) is 17.7 Å². The number of benzene rings is 2. The van der Waals surface area contributed by atoms with Gasteiger partial charge in [0.2, 0.25) is 0 Å². The Hall–Kier alpha value is -2.95. The fourth-order valence-electron chi connectivity index (χ4n) is 3.46. The van der Waals surface area contributed by atoms with Crippen molar-refractivity contribution in [2.24, 2.45) is 0 Å². The minimum Gasteiger partial charge on any atom is -0.328 e. The average Bonchev–Trinajstić information content (AvgIpc) is 3.25. The molecule has 0 unspecified atom stereocenters. The molecule has 2 heterocycles. The number of rotatable bonds is 4. The summed E-state index contributed by atoms with van der Waals surface area (Å²) in [5.41, 5.74) is 4.96. The van der Waals surface area contributed by atoms with Gasteiger partial charge in [-0.2, -0.15) is 5.10 Å². The van der Waals surface area contributed by atoms with E-state index in [9.17, 15) is 9.18 Å². The van der Waals surface area contributed by atoms with Crippen LogP contribution in [0.2, 0.25) is 0 Å². The van der Waals surface area contributed by atoms with Gasteiger partial charge >= 0.3 is 0 Å². The fraction of sp³-hybridized carbons (Fsp3) is 0.238. The van der Waals surface area contributed by atoms with Crippen molar-refractivity contribution in [1.82, 2.24) is 14.7 Å². The van der Waals surface area contributed by atoms with Crippen molar-refractivity contribution in [2.45, 2.75) is 33.0 Å². The molecule has 0 radical (unpaired) electrons. The van der Waals surface area contributed by atoms with E-state index in [2.05, 4.69) is 12.0 Å². The third-order valence-corrected chi connectivity index (χ3v) is 4.90. The van der Waals surface area contributed by atoms with E-state index in [-0.39, 0.29) is 11.7 Å². The van der Waals surface area contributed by atoms with Crippen molar-refractivity contribution in [3.05, 3.63) is 88.5 Å². The topological polar surface area (TPSA) is 38.1 Å². The Morgan fingerprint density at radius 3 is 2.65 bits per heavy atom. The molecular formula is C21H20FN3O. The van der Waals surface area contributed by atoms with Crippen molar-refractivity contribution in [1.29, 1.82) is 0 Å². The zero-order chi connectivity index (χ0) is 18.1. The molecule has 0 N–H and O–H groups in total. The van der Waals surface area contributed by atoms with Gasteiger partial charge in [-0.1, -0.05) is 37.3 Å². The average molecular weight is 349 g/mol. The molecule has 0 spiro atoms. The summed E-state index contributed by atoms with van der Waals surface area (Å²) in [6, 6.07) is 14.2. The van der Waals surface area contributed by atoms with Gasteiger partial charge in [0.25, 0.3) is 5.91 Å². The molecule has 1 amide bonds. The number of halogens is 1. The summed E-state index contributed by atoms with van der Waals surface area (Å²) < 4.78 is 15.0. The van der Waals surface area contributed by atoms with E-state index in [1.807, 2.05) is 40.0 Å². The molecule has 0 saturated carbocycles. The first-order chi connectivity index (χ1) is 12.7. The summed E-state index contributed by atoms with van der Waals surface area (Å²) in [4.78, 5) is 14.8. The van der Waals surface area contributed by atoms with Crippen LogP contribution in [0.15, 0.2) is 54.7 Å². The molecule has 0 fully saturated rings. The van der Waals surface area contributed by atoms with Gasteiger partial charge in [0.1, 0.15) is 5.82 Å². The lowest BCUT2D eigenvalue weighted by Gasteiger charge is -2.18. The number of fused-ring (bicyclic) bond motifs is 1. The highest BCUT2D eigenvalue weighted by Gasteiger charge is 2.28. The van der Waals surface area contributed by atoms with Crippen molar-refractivity contribution >= 4 is 5.91 Å². The molecule has 26 heavy (non-hydrogen) atoms. The van der Waals surface area contributed by atoms with Crippen molar-refractivity contribution < 1.29 is 9.18 Å². The van der Waals surface area contributed by atoms with Gasteiger partial charge in [-0.3, -0.25) is 9.48 Å². The zero-order valence-corrected chi connectivity index (χ0v) is 14.7. The Kier molecular flexibility index (Phi) is 4.29. The molecule has 4 rings (SSSR count). The van der Waals surface area contributed by atoms with E-state index in [1.165, 1.54) is 12.1 Å². The second-order valence-electron chi connectivity index (χ2n) is 6.57. The molecule has 2 aromatic carbocycles. The Morgan fingerprint density at radius 2 is 1.88 bits per heavy atom. The Morgan fingerprint density at radius 1 is 1.12 bits per heavy atom. The highest BCUT2D eigenvalue weighted by Crippen LogP contribution is 2.26. The number of aryl methyl sites for hydroxylation is 1. The van der Waals surface area contributed by atoms with Crippen LogP contribution in [-0.4, -0.2) is 20.6 Å². The summed E-state index contributed by atoms with van der Waals surface area (Å²) in [6.45, 7) is 3.76. The van der Waals surface area contributed by atoms with Crippen LogP contribution in [0, 0.1) is 5.82 Å². The second kappa shape index (κ2) is 6.75. The monoisotopic (exact) mass is 349 g/mol. The van der Waals surface area contributed by atoms with E-state index in [0.29, 0.717) is 19.6 Å². The summed E-state index contributed by atoms with van der Waals surface area (Å²) in [5, 5.41) is 4.44. The molecular weight excluding hydrogens is 329 g/mol. The first-order valence-corrected chi connectivity index (χ1v) is 8.81. The Balaban J connectivity index is 1.53. The highest BCUT2D eigenvalue weighted by atomic mass is 19.1. The van der Waals surface area contributed by atoms with Crippen LogP contribution in [0.1, 0.15) is 39.7 Å². The summed E-state index contributed by atoms with van der Waals surface area (Å²) in [7, 11) is 0. The summed E-state index contributed by atoms with van der Waals surface area (Å²) in [6.07, 6.45) is 2.67. The van der Waals surface area contributed by atoms with Crippen LogP contribution in [0.5, 0.6) is 0 Å². The molecule has 0 saturated heterocycles. The highest BCUT2D eigenvalue weighted by molar-refractivity contribution is 5.96. The van der Waals surface area contributed by atoms with Gasteiger partial charge < -0.3 is 4.90 Å². The maximum Gasteiger partial charge on any atom is 0.254 e. The quantitative estimate of drug-likeness (QED) is 0.719. The number of nitrogens with zero attached hydrogens (tertiary/aromatic N) is 3. The Bertz CT molecular complexity index is 946. The van der Waals surface area contributed by atoms with Crippen LogP contribution in [0.3, 0.4) is 0 Å². The number of hydrogen-bond acceptors (Lipinski definition) is 2. The molecule has 0 atom stereocenters. The first kappa shape index (κ1) is 16.5. The maximum absolute atomic E-state index is 13.1. The Labute approximate surface area is 151 Å². The largest absolute Gasteiger partial charge is 0.328 e. The van der Waals surface area contributed by atoms with Gasteiger partial charge in [0.15, 0.2) is 0 Å². The normalized spacial score (nSPS) is 13.1. The van der Waals surface area contributed by atoms with Crippen LogP contribution >= 0.6 is 0 Å². The van der Waals surface area contributed by atoms with Crippen LogP contribution in [-0.2, 0) is 26.1 Å². The number of aromatic nitrogens is 2. The smallest absolute Gasteiger partial charge is 0.254 e. The van der Waals surface area contributed by atoms with Crippen LogP contribution in [0.4, 0.5) is 4.39 Å². The van der Waals surface area contributed by atoms with E-state index < -0.39 is 0 Å². The molecule has 5 heteroatoms. The van der Waals surface area contributed by atoms with Gasteiger partial charge in [-0.05, 0) is 35.7 Å². The lowest BCUT2D eigenvalue weighted by Crippen LogP contribution is -2.27. The predicted molar refractivity (Wildman–Crippen MR) is 97.1 cm³/mol. The van der Waals surface area contributed by atoms with Crippen LogP contribution in [0.25, 0.3) is 0 Å². The fourth-order valence-corrected chi connectivity index (χ4v) is 3.46. The zero-order valence-electron chi connectivity index (χ0n) is 14.7. The number of carbonyl (C=O) groups is 1. The van der Waals surface area contributed by atoms with Gasteiger partial charge in [0.05, 0.1) is 25.0 Å². The third-order valence-electron chi connectivity index (χ3n) is 4.90. The van der Waals surface area contributed by atoms with E-state index >= 15 is 0 Å². The minimum atomic E-state index is -0.245. The molecule has 4 nitrogen and oxygen atoms in total. The molecule has 132 valence electrons. The number of amides is 1. The molecule has 0 bridgehead atoms. The van der Waals surface area contributed by atoms with Crippen molar-refractivity contribution in [2.75, 3.05) is 0 Å². The summed E-state index contributed by atoms with van der Waals surface area (Å²) >= 11 is 0. The van der Waals surface area contributed by atoms with E-state index in [1.54, 1.807) is 12.1 Å². The van der Waals surface area contributed by atoms with E-state index in [0.717, 1.165) is 34.4 Å². The number of carbonyl (C=O) groups excluding carboxylic acids is 1. The third kappa shape index (κ3) is 3.01. The number of hydrogen-bond donors (Lipinski definition) is 0. The molecule has 1 aliphatic heterocycles. The van der Waals surface area contributed by atoms with Crippen molar-refractivity contribution in [3.63, 3.8) is 0 Å². The second-order valence-corrected chi connectivity index (χ2v) is 6.57. The lowest BCUT2D eigenvalue weighted by molar-refractivity contribution is 0.0747. The standard InChI is InChI=1S/C21H20FN3O/c1-2-16-5-3-4-6-19(16)21(26)24-13-17-11-23-25(20(17)14-24)12-15-7-9-18(22)10-8-15/h3-11H,2,12-14H2,1H3. The van der Waals surface area contributed by atoms with Gasteiger partial charge in [-0.15, -0.1) is 0 Å². The van der Waals surface area contributed by atoms with Gasteiger partial charge in [-0.25, -0.2) is 4.39 Å². The molecule has 3 aromatic rings. The first-order valence-electron chi connectivity index (χ1n) is 8.81. The molecule has 1 aliphatic rings. The summed E-state index contributed by atoms with van der Waals surface area (Å²) in [5.74, 6) is -0.183. The maximum atomic E-state index is 13.1. The predicted octanol–water partition coefficient (Wildman–Crippen LogP) is 3.79. The molecule has 1 aromatic heterocycles. The molecule has 0 aliphatic carbocycles.